The Morgan fingerprint density at radius 1 is 1.41 bits per heavy atom. The third kappa shape index (κ3) is 3.23. The third-order valence-electron chi connectivity index (χ3n) is 3.45. The summed E-state index contributed by atoms with van der Waals surface area (Å²) in [6.07, 6.45) is 3.81. The highest BCUT2D eigenvalue weighted by atomic mass is 19.1. The maximum absolute atomic E-state index is 12.8. The molecule has 2 unspecified atom stereocenters. The molecule has 1 aromatic rings. The van der Waals surface area contributed by atoms with E-state index in [0.29, 0.717) is 5.92 Å². The molecule has 2 rings (SSSR count). The summed E-state index contributed by atoms with van der Waals surface area (Å²) in [5.74, 6) is 0.0270. The van der Waals surface area contributed by atoms with Gasteiger partial charge in [0.15, 0.2) is 0 Å². The van der Waals surface area contributed by atoms with E-state index in [0.717, 1.165) is 12.2 Å². The van der Waals surface area contributed by atoms with Crippen molar-refractivity contribution in [3.8, 4) is 0 Å². The Labute approximate surface area is 102 Å². The second kappa shape index (κ2) is 5.56. The zero-order chi connectivity index (χ0) is 12.3. The Hall–Kier alpha value is -1.00. The molecular formula is C13H20FN3. The molecule has 1 aliphatic rings. The predicted octanol–water partition coefficient (Wildman–Crippen LogP) is 1.95. The lowest BCUT2D eigenvalue weighted by atomic mass is 9.99. The van der Waals surface area contributed by atoms with E-state index in [2.05, 4.69) is 16.8 Å². The van der Waals surface area contributed by atoms with E-state index in [9.17, 15) is 4.39 Å². The van der Waals surface area contributed by atoms with Crippen molar-refractivity contribution in [3.05, 3.63) is 29.8 Å². The monoisotopic (exact) mass is 237 g/mol. The van der Waals surface area contributed by atoms with Gasteiger partial charge in [0.25, 0.3) is 0 Å². The molecule has 0 amide bonds. The van der Waals surface area contributed by atoms with E-state index in [4.69, 9.17) is 5.73 Å². The van der Waals surface area contributed by atoms with Crippen LogP contribution in [0, 0.1) is 11.7 Å². The number of pyridine rings is 1. The fourth-order valence-corrected chi connectivity index (χ4v) is 2.36. The lowest BCUT2D eigenvalue weighted by Gasteiger charge is -2.24. The summed E-state index contributed by atoms with van der Waals surface area (Å²) in [6, 6.07) is 2.99. The fraction of sp³-hybridized carbons (Fsp3) is 0.615. The number of hydrogen-bond donors (Lipinski definition) is 1. The van der Waals surface area contributed by atoms with Crippen LogP contribution in [0.2, 0.25) is 0 Å². The van der Waals surface area contributed by atoms with E-state index >= 15 is 0 Å². The van der Waals surface area contributed by atoms with Crippen LogP contribution in [0.1, 0.15) is 31.5 Å². The van der Waals surface area contributed by atoms with Gasteiger partial charge in [-0.25, -0.2) is 4.39 Å². The quantitative estimate of drug-likeness (QED) is 0.870. The zero-order valence-corrected chi connectivity index (χ0v) is 10.3. The van der Waals surface area contributed by atoms with Gasteiger partial charge in [0.1, 0.15) is 5.82 Å². The minimum atomic E-state index is -0.312. The van der Waals surface area contributed by atoms with Crippen molar-refractivity contribution >= 4 is 0 Å². The summed E-state index contributed by atoms with van der Waals surface area (Å²) in [7, 11) is 0. The molecule has 4 heteroatoms. The first kappa shape index (κ1) is 12.5. The summed E-state index contributed by atoms with van der Waals surface area (Å²) in [5, 5.41) is 0. The lowest BCUT2D eigenvalue weighted by Crippen LogP contribution is -2.32. The van der Waals surface area contributed by atoms with E-state index in [1.807, 2.05) is 0 Å². The predicted molar refractivity (Wildman–Crippen MR) is 66.0 cm³/mol. The molecule has 1 aromatic heterocycles. The maximum atomic E-state index is 12.8. The van der Waals surface area contributed by atoms with Gasteiger partial charge in [-0.15, -0.1) is 0 Å². The second-order valence-electron chi connectivity index (χ2n) is 4.91. The van der Waals surface area contributed by atoms with Crippen molar-refractivity contribution < 1.29 is 4.39 Å². The molecular weight excluding hydrogens is 217 g/mol. The first-order valence-corrected chi connectivity index (χ1v) is 6.26. The first-order valence-electron chi connectivity index (χ1n) is 6.26. The van der Waals surface area contributed by atoms with Crippen LogP contribution in [0.25, 0.3) is 0 Å². The average molecular weight is 237 g/mol. The molecule has 1 aliphatic heterocycles. The van der Waals surface area contributed by atoms with Crippen molar-refractivity contribution in [2.45, 2.75) is 25.8 Å². The highest BCUT2D eigenvalue weighted by Gasteiger charge is 2.21. The molecule has 2 atom stereocenters. The summed E-state index contributed by atoms with van der Waals surface area (Å²) in [6.45, 7) is 5.48. The van der Waals surface area contributed by atoms with Crippen molar-refractivity contribution in [2.24, 2.45) is 11.7 Å². The molecule has 0 aromatic carbocycles. The van der Waals surface area contributed by atoms with Crippen LogP contribution in [0.4, 0.5) is 4.39 Å². The van der Waals surface area contributed by atoms with Crippen LogP contribution in [-0.4, -0.2) is 29.5 Å². The van der Waals surface area contributed by atoms with Gasteiger partial charge in [0.2, 0.25) is 0 Å². The number of halogens is 1. The van der Waals surface area contributed by atoms with Crippen LogP contribution in [0.15, 0.2) is 18.3 Å². The van der Waals surface area contributed by atoms with Gasteiger partial charge in [-0.2, -0.15) is 0 Å². The van der Waals surface area contributed by atoms with Crippen LogP contribution < -0.4 is 5.73 Å². The second-order valence-corrected chi connectivity index (χ2v) is 4.91. The zero-order valence-electron chi connectivity index (χ0n) is 10.3. The highest BCUT2D eigenvalue weighted by molar-refractivity contribution is 5.10. The molecule has 0 bridgehead atoms. The van der Waals surface area contributed by atoms with Crippen molar-refractivity contribution in [1.82, 2.24) is 9.88 Å². The molecule has 2 N–H and O–H groups in total. The number of rotatable bonds is 4. The summed E-state index contributed by atoms with van der Waals surface area (Å²) >= 11 is 0. The van der Waals surface area contributed by atoms with Gasteiger partial charge >= 0.3 is 0 Å². The molecule has 0 spiro atoms. The smallest absolute Gasteiger partial charge is 0.141 e. The molecule has 0 aliphatic carbocycles. The van der Waals surface area contributed by atoms with Gasteiger partial charge in [0.05, 0.1) is 17.9 Å². The number of aromatic nitrogens is 1. The molecule has 3 nitrogen and oxygen atoms in total. The first-order chi connectivity index (χ1) is 8.16. The van der Waals surface area contributed by atoms with Gasteiger partial charge in [-0.1, -0.05) is 6.92 Å². The van der Waals surface area contributed by atoms with Crippen LogP contribution in [-0.2, 0) is 0 Å². The Morgan fingerprint density at radius 2 is 2.12 bits per heavy atom. The normalized spacial score (nSPS) is 20.4. The molecule has 1 saturated heterocycles. The molecule has 94 valence electrons. The van der Waals surface area contributed by atoms with E-state index in [1.54, 1.807) is 6.07 Å². The fourth-order valence-electron chi connectivity index (χ4n) is 2.36. The van der Waals surface area contributed by atoms with Gasteiger partial charge in [-0.05, 0) is 44.0 Å². The molecule has 1 fully saturated rings. The summed E-state index contributed by atoms with van der Waals surface area (Å²) in [4.78, 5) is 6.49. The third-order valence-corrected chi connectivity index (χ3v) is 3.45. The Morgan fingerprint density at radius 3 is 2.71 bits per heavy atom. The summed E-state index contributed by atoms with van der Waals surface area (Å²) in [5.41, 5.74) is 6.93. The van der Waals surface area contributed by atoms with Crippen LogP contribution in [0.5, 0.6) is 0 Å². The number of nitrogens with two attached hydrogens (primary N) is 1. The molecule has 0 saturated carbocycles. The molecule has 0 radical (unpaired) electrons. The topological polar surface area (TPSA) is 42.1 Å². The lowest BCUT2D eigenvalue weighted by molar-refractivity contribution is 0.264. The molecule has 2 heterocycles. The Kier molecular flexibility index (Phi) is 4.07. The Balaban J connectivity index is 1.93. The van der Waals surface area contributed by atoms with Crippen molar-refractivity contribution in [3.63, 3.8) is 0 Å². The van der Waals surface area contributed by atoms with Crippen molar-refractivity contribution in [1.29, 1.82) is 0 Å². The Bertz CT molecular complexity index is 346. The number of nitrogens with zero attached hydrogens (tertiary/aromatic N) is 2. The van der Waals surface area contributed by atoms with E-state index in [-0.39, 0.29) is 11.9 Å². The number of hydrogen-bond acceptors (Lipinski definition) is 3. The van der Waals surface area contributed by atoms with Gasteiger partial charge in [-0.3, -0.25) is 4.98 Å². The SMILES string of the molecule is CC(CN1CCCC1)C(N)c1ccc(F)cn1. The molecule has 17 heavy (non-hydrogen) atoms. The maximum Gasteiger partial charge on any atom is 0.141 e. The average Bonchev–Trinajstić information content (AvgIpc) is 2.82. The minimum Gasteiger partial charge on any atom is -0.322 e. The van der Waals surface area contributed by atoms with Crippen molar-refractivity contribution in [2.75, 3.05) is 19.6 Å². The summed E-state index contributed by atoms with van der Waals surface area (Å²) < 4.78 is 12.8. The van der Waals surface area contributed by atoms with Gasteiger partial charge < -0.3 is 10.6 Å². The van der Waals surface area contributed by atoms with E-state index < -0.39 is 0 Å². The van der Waals surface area contributed by atoms with Crippen LogP contribution >= 0.6 is 0 Å². The minimum absolute atomic E-state index is 0.115. The largest absolute Gasteiger partial charge is 0.322 e. The number of likely N-dealkylation sites (tertiary alicyclic amines) is 1. The standard InChI is InChI=1S/C13H20FN3/c1-10(9-17-6-2-3-7-17)13(15)12-5-4-11(14)8-16-12/h4-5,8,10,13H,2-3,6-7,9,15H2,1H3. The van der Waals surface area contributed by atoms with Crippen LogP contribution in [0.3, 0.4) is 0 Å². The van der Waals surface area contributed by atoms with Gasteiger partial charge in [0, 0.05) is 6.54 Å². The highest BCUT2D eigenvalue weighted by Crippen LogP contribution is 2.20. The van der Waals surface area contributed by atoms with E-state index in [1.165, 1.54) is 38.2 Å².